The number of hydrogen-bond donors (Lipinski definition) is 2. The highest BCUT2D eigenvalue weighted by Gasteiger charge is 2.43. The Bertz CT molecular complexity index is 1530. The van der Waals surface area contributed by atoms with Crippen molar-refractivity contribution in [3.63, 3.8) is 0 Å². The smallest absolute Gasteiger partial charge is 0.270 e. The van der Waals surface area contributed by atoms with Crippen molar-refractivity contribution in [1.29, 1.82) is 0 Å². The monoisotopic (exact) mass is 654 g/mol. The van der Waals surface area contributed by atoms with Crippen LogP contribution >= 0.6 is 11.3 Å². The van der Waals surface area contributed by atoms with Crippen molar-refractivity contribution in [3.05, 3.63) is 29.0 Å². The van der Waals surface area contributed by atoms with Gasteiger partial charge in [-0.25, -0.2) is 13.8 Å². The van der Waals surface area contributed by atoms with Crippen molar-refractivity contribution in [2.45, 2.75) is 103 Å². The summed E-state index contributed by atoms with van der Waals surface area (Å²) in [7, 11) is 0. The number of carbonyl (C=O) groups excluding carboxylic acids is 3. The average Bonchev–Trinajstić information content (AvgIpc) is 3.72. The molecule has 2 saturated heterocycles. The SMILES string of the molecule is [2H]C([2H])([2H])C([2H])([2H])n1nccc1C(=O)N[C@H](C(=O)Nc1ncc([C@@H](CN2C[C@@H](C)OC[C@H]2C)N2CC(F)(F)CCC2=O)s1)C1CCC(C)CC1. The molecular weight excluding hydrogens is 604 g/mol. The third kappa shape index (κ3) is 8.07. The Morgan fingerprint density at radius 2 is 2.04 bits per heavy atom. The normalized spacial score (nSPS) is 29.4. The fraction of sp³-hybridized carbons (Fsp3) is 0.710. The molecule has 0 bridgehead atoms. The molecule has 3 amide bonds. The first kappa shape index (κ1) is 27.2. The number of carbonyl (C=O) groups is 3. The van der Waals surface area contributed by atoms with Crippen LogP contribution in [0.15, 0.2) is 18.5 Å². The van der Waals surface area contributed by atoms with Gasteiger partial charge in [-0.15, -0.1) is 0 Å². The maximum Gasteiger partial charge on any atom is 0.270 e. The molecule has 0 aromatic carbocycles. The van der Waals surface area contributed by atoms with Gasteiger partial charge in [0.2, 0.25) is 11.8 Å². The molecule has 0 radical (unpaired) electrons. The van der Waals surface area contributed by atoms with Crippen LogP contribution in [0, 0.1) is 11.8 Å². The summed E-state index contributed by atoms with van der Waals surface area (Å²) in [5.41, 5.74) is -0.359. The van der Waals surface area contributed by atoms with Crippen molar-refractivity contribution in [2.75, 3.05) is 31.6 Å². The fourth-order valence-corrected chi connectivity index (χ4v) is 7.33. The minimum Gasteiger partial charge on any atom is -0.376 e. The van der Waals surface area contributed by atoms with E-state index in [4.69, 9.17) is 11.6 Å². The first-order valence-corrected chi connectivity index (χ1v) is 16.3. The Balaban J connectivity index is 1.39. The second kappa shape index (κ2) is 14.2. The van der Waals surface area contributed by atoms with Crippen LogP contribution in [0.4, 0.5) is 13.9 Å². The van der Waals surface area contributed by atoms with Gasteiger partial charge in [0.1, 0.15) is 11.7 Å². The van der Waals surface area contributed by atoms with E-state index in [0.717, 1.165) is 30.4 Å². The minimum atomic E-state index is -3.13. The summed E-state index contributed by atoms with van der Waals surface area (Å²) >= 11 is 1.07. The van der Waals surface area contributed by atoms with E-state index in [1.165, 1.54) is 17.2 Å². The summed E-state index contributed by atoms with van der Waals surface area (Å²) in [5.74, 6) is -4.73. The number of nitrogens with one attached hydrogen (secondary N) is 2. The van der Waals surface area contributed by atoms with Crippen molar-refractivity contribution in [2.24, 2.45) is 11.8 Å². The molecule has 2 N–H and O–H groups in total. The third-order valence-corrected chi connectivity index (χ3v) is 10.1. The van der Waals surface area contributed by atoms with Gasteiger partial charge < -0.3 is 20.3 Å². The number of amides is 3. The predicted molar refractivity (Wildman–Crippen MR) is 166 cm³/mol. The van der Waals surface area contributed by atoms with Crippen LogP contribution in [0.3, 0.4) is 0 Å². The lowest BCUT2D eigenvalue weighted by Gasteiger charge is -2.43. The molecule has 3 aliphatic rings. The summed E-state index contributed by atoms with van der Waals surface area (Å²) in [6.45, 7) is 0.421. The molecule has 0 spiro atoms. The first-order chi connectivity index (χ1) is 23.4. The predicted octanol–water partition coefficient (Wildman–Crippen LogP) is 4.33. The van der Waals surface area contributed by atoms with Gasteiger partial charge in [-0.3, -0.25) is 24.0 Å². The number of ether oxygens (including phenoxy) is 1. The average molecular weight is 655 g/mol. The van der Waals surface area contributed by atoms with E-state index < -0.39 is 56.1 Å². The molecule has 5 rings (SSSR count). The number of morpholine rings is 1. The third-order valence-electron chi connectivity index (χ3n) is 9.11. The van der Waals surface area contributed by atoms with E-state index in [2.05, 4.69) is 32.5 Å². The lowest BCUT2D eigenvalue weighted by molar-refractivity contribution is -0.153. The second-order valence-corrected chi connectivity index (χ2v) is 13.7. The Labute approximate surface area is 274 Å². The van der Waals surface area contributed by atoms with Gasteiger partial charge in [0, 0.05) is 55.0 Å². The molecule has 14 heteroatoms. The number of piperidine rings is 1. The highest BCUT2D eigenvalue weighted by molar-refractivity contribution is 7.15. The van der Waals surface area contributed by atoms with Gasteiger partial charge in [0.05, 0.1) is 32.9 Å². The highest BCUT2D eigenvalue weighted by Crippen LogP contribution is 2.37. The lowest BCUT2D eigenvalue weighted by Crippen LogP contribution is -2.54. The van der Waals surface area contributed by atoms with Crippen LogP contribution in [0.2, 0.25) is 0 Å². The topological polar surface area (TPSA) is 122 Å². The maximum absolute atomic E-state index is 14.7. The van der Waals surface area contributed by atoms with E-state index in [1.54, 1.807) is 0 Å². The standard InChI is InChI=1S/C31H45F2N7O4S/c1-5-40-23(11-13-35-40)28(42)36-27(22-8-6-19(2)7-9-22)29(43)37-30-34-14-25(45-30)24(16-38-15-21(4)44-17-20(38)3)39-18-31(32,33)12-10-26(39)41/h11,13-14,19-22,24,27H,5-10,12,15-18H2,1-4H3,(H,36,42)(H,34,37,43)/t19?,20-,21-,22?,24-,27+/m1/s1/i1D3,5D2. The van der Waals surface area contributed by atoms with Crippen molar-refractivity contribution in [1.82, 2.24) is 29.9 Å². The van der Waals surface area contributed by atoms with Crippen LogP contribution in [0.1, 0.15) is 94.4 Å². The molecule has 4 heterocycles. The van der Waals surface area contributed by atoms with Crippen LogP contribution in [-0.2, 0) is 20.8 Å². The van der Waals surface area contributed by atoms with Crippen molar-refractivity contribution in [3.8, 4) is 0 Å². The Hall–Kier alpha value is -2.97. The molecule has 2 aliphatic heterocycles. The van der Waals surface area contributed by atoms with Crippen molar-refractivity contribution >= 4 is 34.2 Å². The van der Waals surface area contributed by atoms with Gasteiger partial charge >= 0.3 is 0 Å². The van der Waals surface area contributed by atoms with Crippen LogP contribution in [0.5, 0.6) is 0 Å². The molecule has 4 atom stereocenters. The number of likely N-dealkylation sites (tertiary alicyclic amines) is 1. The minimum absolute atomic E-state index is 0.0184. The first-order valence-electron chi connectivity index (χ1n) is 18.0. The van der Waals surface area contributed by atoms with E-state index in [9.17, 15) is 23.2 Å². The number of halogens is 2. The van der Waals surface area contributed by atoms with E-state index in [-0.39, 0.29) is 47.8 Å². The van der Waals surface area contributed by atoms with Crippen LogP contribution < -0.4 is 10.6 Å². The molecule has 45 heavy (non-hydrogen) atoms. The van der Waals surface area contributed by atoms with E-state index >= 15 is 0 Å². The molecule has 1 saturated carbocycles. The molecule has 3 fully saturated rings. The largest absolute Gasteiger partial charge is 0.376 e. The molecular formula is C31H45F2N7O4S. The number of alkyl halides is 2. The Morgan fingerprint density at radius 1 is 1.27 bits per heavy atom. The molecule has 11 nitrogen and oxygen atoms in total. The van der Waals surface area contributed by atoms with Gasteiger partial charge in [-0.1, -0.05) is 31.1 Å². The zero-order valence-corrected chi connectivity index (χ0v) is 26.6. The number of hydrogen-bond acceptors (Lipinski definition) is 8. The Morgan fingerprint density at radius 3 is 2.80 bits per heavy atom. The lowest BCUT2D eigenvalue weighted by atomic mass is 9.79. The van der Waals surface area contributed by atoms with Crippen molar-refractivity contribution < 1.29 is 34.8 Å². The zero-order valence-electron chi connectivity index (χ0n) is 30.8. The molecule has 0 unspecified atom stereocenters. The summed E-state index contributed by atoms with van der Waals surface area (Å²) in [4.78, 5) is 48.7. The number of aromatic nitrogens is 3. The number of thiazole rings is 1. The quantitative estimate of drug-likeness (QED) is 0.391. The van der Waals surface area contributed by atoms with Crippen LogP contribution in [0.25, 0.3) is 0 Å². The summed E-state index contributed by atoms with van der Waals surface area (Å²) < 4.78 is 74.6. The number of aryl methyl sites for hydroxylation is 1. The molecule has 2 aromatic heterocycles. The van der Waals surface area contributed by atoms with Gasteiger partial charge in [0.25, 0.3) is 11.8 Å². The number of nitrogens with zero attached hydrogens (tertiary/aromatic N) is 5. The van der Waals surface area contributed by atoms with Crippen LogP contribution in [-0.4, -0.2) is 92.6 Å². The van der Waals surface area contributed by atoms with Gasteiger partial charge in [-0.05, 0) is 51.4 Å². The summed E-state index contributed by atoms with van der Waals surface area (Å²) in [5, 5.41) is 9.41. The maximum atomic E-state index is 14.7. The molecule has 1 aliphatic carbocycles. The molecule has 248 valence electrons. The second-order valence-electron chi connectivity index (χ2n) is 12.6. The number of anilines is 1. The highest BCUT2D eigenvalue weighted by atomic mass is 32.1. The summed E-state index contributed by atoms with van der Waals surface area (Å²) in [6.07, 6.45) is 4.61. The molecule has 2 aromatic rings. The fourth-order valence-electron chi connectivity index (χ4n) is 6.40. The van der Waals surface area contributed by atoms with E-state index in [0.29, 0.717) is 41.5 Å². The Kier molecular flexibility index (Phi) is 8.58. The van der Waals surface area contributed by atoms with Gasteiger partial charge in [0.15, 0.2) is 5.13 Å². The van der Waals surface area contributed by atoms with E-state index in [1.807, 2.05) is 13.8 Å². The zero-order chi connectivity index (χ0) is 36.6. The number of rotatable bonds is 10. The summed E-state index contributed by atoms with van der Waals surface area (Å²) in [6, 6.07) is -0.673. The van der Waals surface area contributed by atoms with Gasteiger partial charge in [-0.2, -0.15) is 5.10 Å².